The van der Waals surface area contributed by atoms with E-state index in [4.69, 9.17) is 10.5 Å². The van der Waals surface area contributed by atoms with E-state index in [1.807, 2.05) is 0 Å². The van der Waals surface area contributed by atoms with E-state index in [1.54, 1.807) is 6.07 Å². The van der Waals surface area contributed by atoms with Crippen LogP contribution < -0.4 is 10.5 Å². The molecule has 0 bridgehead atoms. The molecule has 3 N–H and O–H groups in total. The lowest BCUT2D eigenvalue weighted by Gasteiger charge is -2.22. The van der Waals surface area contributed by atoms with Crippen LogP contribution in [0.1, 0.15) is 31.9 Å². The first-order chi connectivity index (χ1) is 7.93. The fraction of sp³-hybridized carbons (Fsp3) is 0.500. The summed E-state index contributed by atoms with van der Waals surface area (Å²) in [5.41, 5.74) is 7.14. The number of halogens is 2. The Kier molecular flexibility index (Phi) is 5.28. The van der Waals surface area contributed by atoms with Gasteiger partial charge in [0.15, 0.2) is 11.5 Å². The van der Waals surface area contributed by atoms with Crippen LogP contribution in [0.3, 0.4) is 0 Å². The first-order valence-corrected chi connectivity index (χ1v) is 7.03. The van der Waals surface area contributed by atoms with Gasteiger partial charge < -0.3 is 15.6 Å². The largest absolute Gasteiger partial charge is 0.503 e. The number of aromatic hydroxyl groups is 1. The van der Waals surface area contributed by atoms with E-state index in [0.29, 0.717) is 16.1 Å². The second-order valence-corrected chi connectivity index (χ2v) is 5.64. The average molecular weight is 367 g/mol. The summed E-state index contributed by atoms with van der Waals surface area (Å²) in [4.78, 5) is 0. The van der Waals surface area contributed by atoms with Crippen LogP contribution in [-0.4, -0.2) is 12.2 Å². The van der Waals surface area contributed by atoms with Crippen LogP contribution in [0.15, 0.2) is 15.0 Å². The van der Waals surface area contributed by atoms with Crippen molar-refractivity contribution in [1.29, 1.82) is 0 Å². The van der Waals surface area contributed by atoms with Gasteiger partial charge in [0.2, 0.25) is 0 Å². The average Bonchev–Trinajstić information content (AvgIpc) is 2.34. The van der Waals surface area contributed by atoms with Crippen LogP contribution in [0, 0.1) is 5.92 Å². The lowest BCUT2D eigenvalue weighted by molar-refractivity contribution is 0.368. The van der Waals surface area contributed by atoms with Gasteiger partial charge in [-0.25, -0.2) is 0 Å². The van der Waals surface area contributed by atoms with Crippen LogP contribution in [0.25, 0.3) is 0 Å². The molecule has 17 heavy (non-hydrogen) atoms. The molecule has 0 amide bonds. The highest BCUT2D eigenvalue weighted by Gasteiger charge is 2.21. The fourth-order valence-corrected chi connectivity index (χ4v) is 2.56. The molecule has 1 aromatic rings. The van der Waals surface area contributed by atoms with Crippen molar-refractivity contribution in [2.75, 3.05) is 7.11 Å². The van der Waals surface area contributed by atoms with Gasteiger partial charge in [-0.05, 0) is 49.4 Å². The molecule has 5 heteroatoms. The summed E-state index contributed by atoms with van der Waals surface area (Å²) in [6, 6.07) is 1.68. The number of phenols is 1. The molecule has 0 aliphatic rings. The van der Waals surface area contributed by atoms with Crippen LogP contribution in [-0.2, 0) is 0 Å². The molecule has 1 unspecified atom stereocenters. The standard InChI is InChI=1S/C12H17Br2NO2/c1-4-6(2)11(15)7-5-8(17-3)12(16)10(14)9(7)13/h5-6,11,16H,4,15H2,1-3H3/t6?,11-/m0/s1. The first-order valence-electron chi connectivity index (χ1n) is 5.44. The molecule has 96 valence electrons. The summed E-state index contributed by atoms with van der Waals surface area (Å²) < 4.78 is 6.48. The summed E-state index contributed by atoms with van der Waals surface area (Å²) in [7, 11) is 1.52. The molecule has 1 aromatic carbocycles. The van der Waals surface area contributed by atoms with E-state index >= 15 is 0 Å². The van der Waals surface area contributed by atoms with Crippen LogP contribution >= 0.6 is 31.9 Å². The first kappa shape index (κ1) is 14.8. The Balaban J connectivity index is 3.29. The predicted molar refractivity (Wildman–Crippen MR) is 76.4 cm³/mol. The van der Waals surface area contributed by atoms with Gasteiger partial charge in [-0.1, -0.05) is 20.3 Å². The van der Waals surface area contributed by atoms with Gasteiger partial charge in [0.1, 0.15) is 0 Å². The topological polar surface area (TPSA) is 55.5 Å². The third kappa shape index (κ3) is 2.95. The highest BCUT2D eigenvalue weighted by atomic mass is 79.9. The molecular formula is C12H17Br2NO2. The maximum Gasteiger partial charge on any atom is 0.173 e. The SMILES string of the molecule is CCC(C)[C@H](N)c1cc(OC)c(O)c(Br)c1Br. The zero-order valence-electron chi connectivity index (χ0n) is 10.1. The Morgan fingerprint density at radius 2 is 2.00 bits per heavy atom. The number of hydrogen-bond donors (Lipinski definition) is 2. The molecule has 2 atom stereocenters. The smallest absolute Gasteiger partial charge is 0.173 e. The Morgan fingerprint density at radius 3 is 2.47 bits per heavy atom. The van der Waals surface area contributed by atoms with Crippen molar-refractivity contribution in [2.24, 2.45) is 11.7 Å². The lowest BCUT2D eigenvalue weighted by atomic mass is 9.93. The van der Waals surface area contributed by atoms with Crippen LogP contribution in [0.2, 0.25) is 0 Å². The fourth-order valence-electron chi connectivity index (χ4n) is 1.57. The van der Waals surface area contributed by atoms with E-state index < -0.39 is 0 Å². The Morgan fingerprint density at radius 1 is 1.41 bits per heavy atom. The lowest BCUT2D eigenvalue weighted by Crippen LogP contribution is -2.19. The van der Waals surface area contributed by atoms with E-state index in [-0.39, 0.29) is 11.8 Å². The molecular weight excluding hydrogens is 350 g/mol. The zero-order chi connectivity index (χ0) is 13.2. The molecule has 1 rings (SSSR count). The Bertz CT molecular complexity index is 410. The van der Waals surface area contributed by atoms with Gasteiger partial charge >= 0.3 is 0 Å². The molecule has 3 nitrogen and oxygen atoms in total. The van der Waals surface area contributed by atoms with E-state index in [2.05, 4.69) is 45.7 Å². The van der Waals surface area contributed by atoms with Crippen molar-refractivity contribution in [2.45, 2.75) is 26.3 Å². The maximum absolute atomic E-state index is 9.84. The van der Waals surface area contributed by atoms with Crippen molar-refractivity contribution < 1.29 is 9.84 Å². The van der Waals surface area contributed by atoms with Gasteiger partial charge in [0.05, 0.1) is 11.6 Å². The number of nitrogens with two attached hydrogens (primary N) is 1. The van der Waals surface area contributed by atoms with Crippen molar-refractivity contribution in [1.82, 2.24) is 0 Å². The van der Waals surface area contributed by atoms with Gasteiger partial charge in [-0.15, -0.1) is 0 Å². The molecule has 0 aliphatic heterocycles. The van der Waals surface area contributed by atoms with Gasteiger partial charge in [-0.3, -0.25) is 0 Å². The number of hydrogen-bond acceptors (Lipinski definition) is 3. The third-order valence-electron chi connectivity index (χ3n) is 3.01. The van der Waals surface area contributed by atoms with Crippen molar-refractivity contribution in [3.8, 4) is 11.5 Å². The molecule has 0 radical (unpaired) electrons. The summed E-state index contributed by atoms with van der Waals surface area (Å²) in [5, 5.41) is 9.84. The van der Waals surface area contributed by atoms with E-state index in [0.717, 1.165) is 16.5 Å². The number of methoxy groups -OCH3 is 1. The number of phenolic OH excluding ortho intramolecular Hbond substituents is 1. The van der Waals surface area contributed by atoms with Crippen molar-refractivity contribution in [3.05, 3.63) is 20.6 Å². The minimum atomic E-state index is -0.0971. The number of ether oxygens (including phenoxy) is 1. The molecule has 0 saturated heterocycles. The molecule has 0 aromatic heterocycles. The summed E-state index contributed by atoms with van der Waals surface area (Å²) in [5.74, 6) is 0.862. The quantitative estimate of drug-likeness (QED) is 0.847. The van der Waals surface area contributed by atoms with E-state index in [9.17, 15) is 5.11 Å². The second-order valence-electron chi connectivity index (χ2n) is 4.06. The van der Waals surface area contributed by atoms with Crippen molar-refractivity contribution in [3.63, 3.8) is 0 Å². The third-order valence-corrected chi connectivity index (χ3v) is 5.17. The molecule has 0 fully saturated rings. The normalized spacial score (nSPS) is 14.5. The van der Waals surface area contributed by atoms with Crippen molar-refractivity contribution >= 4 is 31.9 Å². The van der Waals surface area contributed by atoms with Crippen LogP contribution in [0.4, 0.5) is 0 Å². The molecule has 0 aliphatic carbocycles. The highest BCUT2D eigenvalue weighted by Crippen LogP contribution is 2.44. The minimum Gasteiger partial charge on any atom is -0.503 e. The Labute approximate surface area is 119 Å². The van der Waals surface area contributed by atoms with Gasteiger partial charge in [-0.2, -0.15) is 0 Å². The summed E-state index contributed by atoms with van der Waals surface area (Å²) in [6.07, 6.45) is 0.994. The predicted octanol–water partition coefficient (Wildman–Crippen LogP) is 3.97. The maximum atomic E-state index is 9.84. The van der Waals surface area contributed by atoms with E-state index in [1.165, 1.54) is 7.11 Å². The number of rotatable bonds is 4. The summed E-state index contributed by atoms with van der Waals surface area (Å²) >= 11 is 6.78. The number of benzene rings is 1. The molecule has 0 heterocycles. The van der Waals surface area contributed by atoms with Gasteiger partial charge in [0.25, 0.3) is 0 Å². The molecule has 0 spiro atoms. The van der Waals surface area contributed by atoms with Crippen LogP contribution in [0.5, 0.6) is 11.5 Å². The monoisotopic (exact) mass is 365 g/mol. The second kappa shape index (κ2) is 6.07. The summed E-state index contributed by atoms with van der Waals surface area (Å²) in [6.45, 7) is 4.20. The van der Waals surface area contributed by atoms with Gasteiger partial charge in [0, 0.05) is 10.5 Å². The Hall–Kier alpha value is -0.260. The minimum absolute atomic E-state index is 0.0828. The molecule has 0 saturated carbocycles. The zero-order valence-corrected chi connectivity index (χ0v) is 13.3. The highest BCUT2D eigenvalue weighted by molar-refractivity contribution is 9.13.